The molecule has 5 nitrogen and oxygen atoms in total. The van der Waals surface area contributed by atoms with E-state index >= 15 is 0 Å². The summed E-state index contributed by atoms with van der Waals surface area (Å²) in [4.78, 5) is 27.9. The monoisotopic (exact) mass is 451 g/mol. The third-order valence-corrected chi connectivity index (χ3v) is 6.34. The van der Waals surface area contributed by atoms with E-state index in [0.29, 0.717) is 23.8 Å². The van der Waals surface area contributed by atoms with Gasteiger partial charge in [0.15, 0.2) is 0 Å². The molecule has 1 N–H and O–H groups in total. The Morgan fingerprint density at radius 1 is 1.09 bits per heavy atom. The van der Waals surface area contributed by atoms with Crippen LogP contribution in [0.1, 0.15) is 63.1 Å². The van der Waals surface area contributed by atoms with Crippen LogP contribution in [0.3, 0.4) is 0 Å². The summed E-state index contributed by atoms with van der Waals surface area (Å²) in [5, 5.41) is 11.3. The van der Waals surface area contributed by atoms with Crippen LogP contribution in [0.15, 0.2) is 54.1 Å². The van der Waals surface area contributed by atoms with Crippen LogP contribution in [-0.4, -0.2) is 34.3 Å². The summed E-state index contributed by atoms with van der Waals surface area (Å²) in [6.07, 6.45) is 4.50. The van der Waals surface area contributed by atoms with Crippen molar-refractivity contribution in [1.29, 1.82) is 0 Å². The summed E-state index contributed by atoms with van der Waals surface area (Å²) in [5.74, 6) is -1.40. The second-order valence-corrected chi connectivity index (χ2v) is 9.25. The smallest absolute Gasteiger partial charge is 0.295 e. The highest BCUT2D eigenvalue weighted by atomic mass is 19.1. The predicted octanol–water partition coefficient (Wildman–Crippen LogP) is 5.61. The lowest BCUT2D eigenvalue weighted by Crippen LogP contribution is -2.40. The maximum absolute atomic E-state index is 14.9. The Kier molecular flexibility index (Phi) is 6.82. The number of Topliss-reactive ketones (excluding diaryl/α,β-unsaturated/α-hetero) is 1. The standard InChI is InChI=1S/C27H30FNO4/c1-17(2)16-33-20-12-8-9-18(15-20)25(30)23-24(21-13-6-7-14-22(21)28)29(27(32)26(23)31)19-10-4-3-5-11-19/h6-9,12-15,17,19,24,30H,3-5,10-11,16H2,1-2H3/b25-23-. The second kappa shape index (κ2) is 9.77. The molecule has 1 aliphatic carbocycles. The SMILES string of the molecule is CC(C)COc1cccc(/C(O)=C2/C(=O)C(=O)N(C3CCCCC3)C2c2ccccc2F)c1. The number of ether oxygens (including phenoxy) is 1. The number of aliphatic hydroxyl groups excluding tert-OH is 1. The lowest BCUT2D eigenvalue weighted by Gasteiger charge is -2.35. The number of carbonyl (C=O) groups is 2. The first-order valence-electron chi connectivity index (χ1n) is 11.7. The Bertz CT molecular complexity index is 1070. The topological polar surface area (TPSA) is 66.8 Å². The first-order valence-corrected chi connectivity index (χ1v) is 11.7. The highest BCUT2D eigenvalue weighted by Gasteiger charge is 2.49. The van der Waals surface area contributed by atoms with Crippen LogP contribution in [0, 0.1) is 11.7 Å². The van der Waals surface area contributed by atoms with Crippen molar-refractivity contribution in [1.82, 2.24) is 4.90 Å². The fraction of sp³-hybridized carbons (Fsp3) is 0.407. The van der Waals surface area contributed by atoms with E-state index in [1.54, 1.807) is 42.5 Å². The molecule has 174 valence electrons. The zero-order valence-corrected chi connectivity index (χ0v) is 19.1. The summed E-state index contributed by atoms with van der Waals surface area (Å²) in [5.41, 5.74) is 0.506. The van der Waals surface area contributed by atoms with Gasteiger partial charge in [0, 0.05) is 17.2 Å². The number of hydrogen-bond acceptors (Lipinski definition) is 4. The van der Waals surface area contributed by atoms with E-state index in [2.05, 4.69) is 0 Å². The number of halogens is 1. The molecule has 33 heavy (non-hydrogen) atoms. The Hall–Kier alpha value is -3.15. The summed E-state index contributed by atoms with van der Waals surface area (Å²) in [6, 6.07) is 11.8. The van der Waals surface area contributed by atoms with Crippen molar-refractivity contribution in [3.63, 3.8) is 0 Å². The Balaban J connectivity index is 1.82. The minimum absolute atomic E-state index is 0.0725. The molecule has 2 aromatic carbocycles. The minimum Gasteiger partial charge on any atom is -0.507 e. The van der Waals surface area contributed by atoms with Crippen LogP contribution in [-0.2, 0) is 9.59 Å². The van der Waals surface area contributed by atoms with Crippen LogP contribution in [0.25, 0.3) is 5.76 Å². The first-order chi connectivity index (χ1) is 15.9. The average molecular weight is 452 g/mol. The van der Waals surface area contributed by atoms with Gasteiger partial charge in [-0.3, -0.25) is 9.59 Å². The van der Waals surface area contributed by atoms with Crippen molar-refractivity contribution in [2.45, 2.75) is 58.0 Å². The van der Waals surface area contributed by atoms with Gasteiger partial charge >= 0.3 is 0 Å². The van der Waals surface area contributed by atoms with Crippen molar-refractivity contribution in [3.8, 4) is 5.75 Å². The van der Waals surface area contributed by atoms with E-state index in [1.165, 1.54) is 11.0 Å². The normalized spacial score (nSPS) is 21.1. The zero-order chi connectivity index (χ0) is 23.5. The summed E-state index contributed by atoms with van der Waals surface area (Å²) >= 11 is 0. The molecule has 2 aromatic rings. The molecule has 1 amide bonds. The van der Waals surface area contributed by atoms with E-state index < -0.39 is 23.5 Å². The largest absolute Gasteiger partial charge is 0.507 e. The Morgan fingerprint density at radius 3 is 2.52 bits per heavy atom. The molecule has 6 heteroatoms. The molecule has 0 aromatic heterocycles. The summed E-state index contributed by atoms with van der Waals surface area (Å²) in [6.45, 7) is 4.57. The minimum atomic E-state index is -0.963. The molecule has 0 bridgehead atoms. The van der Waals surface area contributed by atoms with E-state index in [1.807, 2.05) is 13.8 Å². The Morgan fingerprint density at radius 2 is 1.82 bits per heavy atom. The molecule has 1 saturated heterocycles. The molecule has 4 rings (SSSR count). The number of aliphatic hydroxyl groups is 1. The van der Waals surface area contributed by atoms with E-state index in [4.69, 9.17) is 4.74 Å². The van der Waals surface area contributed by atoms with Crippen LogP contribution >= 0.6 is 0 Å². The molecule has 1 atom stereocenters. The third-order valence-electron chi connectivity index (χ3n) is 6.34. The van der Waals surface area contributed by atoms with Gasteiger partial charge in [0.1, 0.15) is 17.3 Å². The molecule has 2 aliphatic rings. The molecule has 1 unspecified atom stereocenters. The van der Waals surface area contributed by atoms with Crippen LogP contribution < -0.4 is 4.74 Å². The predicted molar refractivity (Wildman–Crippen MR) is 124 cm³/mol. The molecule has 0 spiro atoms. The summed E-state index contributed by atoms with van der Waals surface area (Å²) in [7, 11) is 0. The van der Waals surface area contributed by atoms with Gasteiger partial charge in [-0.15, -0.1) is 0 Å². The van der Waals surface area contributed by atoms with E-state index in [9.17, 15) is 19.1 Å². The third kappa shape index (κ3) is 4.65. The van der Waals surface area contributed by atoms with Crippen LogP contribution in [0.5, 0.6) is 5.75 Å². The number of nitrogens with zero attached hydrogens (tertiary/aromatic N) is 1. The Labute approximate surface area is 193 Å². The molecule has 1 heterocycles. The van der Waals surface area contributed by atoms with Crippen molar-refractivity contribution in [3.05, 3.63) is 71.0 Å². The number of rotatable bonds is 6. The maximum Gasteiger partial charge on any atom is 0.295 e. The van der Waals surface area contributed by atoms with Gasteiger partial charge in [-0.25, -0.2) is 4.39 Å². The first kappa shape index (κ1) is 23.0. The molecule has 2 fully saturated rings. The van der Waals surface area contributed by atoms with Gasteiger partial charge in [0.25, 0.3) is 11.7 Å². The van der Waals surface area contributed by atoms with Gasteiger partial charge in [0.05, 0.1) is 18.2 Å². The maximum atomic E-state index is 14.9. The molecule has 1 saturated carbocycles. The second-order valence-electron chi connectivity index (χ2n) is 9.25. The number of amides is 1. The highest BCUT2D eigenvalue weighted by molar-refractivity contribution is 6.46. The van der Waals surface area contributed by atoms with Crippen LogP contribution in [0.4, 0.5) is 4.39 Å². The van der Waals surface area contributed by atoms with E-state index in [0.717, 1.165) is 32.1 Å². The summed E-state index contributed by atoms with van der Waals surface area (Å²) < 4.78 is 20.7. The lowest BCUT2D eigenvalue weighted by atomic mass is 9.90. The van der Waals surface area contributed by atoms with Crippen molar-refractivity contribution >= 4 is 17.4 Å². The van der Waals surface area contributed by atoms with Gasteiger partial charge in [-0.2, -0.15) is 0 Å². The zero-order valence-electron chi connectivity index (χ0n) is 19.1. The average Bonchev–Trinajstić information content (AvgIpc) is 3.08. The number of hydrogen-bond donors (Lipinski definition) is 1. The van der Waals surface area contributed by atoms with Crippen molar-refractivity contribution in [2.75, 3.05) is 6.61 Å². The number of carbonyl (C=O) groups excluding carboxylic acids is 2. The number of likely N-dealkylation sites (tertiary alicyclic amines) is 1. The molecular weight excluding hydrogens is 421 g/mol. The van der Waals surface area contributed by atoms with Gasteiger partial charge in [-0.05, 0) is 37.0 Å². The van der Waals surface area contributed by atoms with Crippen LogP contribution in [0.2, 0.25) is 0 Å². The molecular formula is C27H30FNO4. The fourth-order valence-electron chi connectivity index (χ4n) is 4.74. The van der Waals surface area contributed by atoms with Crippen molar-refractivity contribution < 1.29 is 23.8 Å². The molecule has 1 aliphatic heterocycles. The number of ketones is 1. The number of benzene rings is 2. The highest BCUT2D eigenvalue weighted by Crippen LogP contribution is 2.43. The fourth-order valence-corrected chi connectivity index (χ4v) is 4.74. The van der Waals surface area contributed by atoms with Gasteiger partial charge in [-0.1, -0.05) is 63.4 Å². The lowest BCUT2D eigenvalue weighted by molar-refractivity contribution is -0.141. The molecule has 0 radical (unpaired) electrons. The quantitative estimate of drug-likeness (QED) is 0.352. The van der Waals surface area contributed by atoms with Gasteiger partial charge < -0.3 is 14.7 Å². The van der Waals surface area contributed by atoms with Crippen molar-refractivity contribution in [2.24, 2.45) is 5.92 Å². The van der Waals surface area contributed by atoms with Gasteiger partial charge in [0.2, 0.25) is 0 Å². The van der Waals surface area contributed by atoms with E-state index in [-0.39, 0.29) is 22.9 Å².